The molecule has 38 heavy (non-hydrogen) atoms. The third-order valence-corrected chi connectivity index (χ3v) is 8.90. The number of anilines is 2. The first-order valence-electron chi connectivity index (χ1n) is 12.1. The molecule has 1 heterocycles. The van der Waals surface area contributed by atoms with Gasteiger partial charge in [0.05, 0.1) is 21.2 Å². The second-order valence-corrected chi connectivity index (χ2v) is 11.3. The van der Waals surface area contributed by atoms with Crippen molar-refractivity contribution in [1.29, 1.82) is 0 Å². The highest BCUT2D eigenvalue weighted by Crippen LogP contribution is 2.39. The molecule has 5 aromatic rings. The summed E-state index contributed by atoms with van der Waals surface area (Å²) in [5.41, 5.74) is 3.68. The van der Waals surface area contributed by atoms with E-state index in [0.717, 1.165) is 21.7 Å². The maximum Gasteiger partial charge on any atom is 0.264 e. The van der Waals surface area contributed by atoms with Gasteiger partial charge in [-0.05, 0) is 48.9 Å². The molecular formula is C30H25N3O3S2. The second kappa shape index (κ2) is 11.0. The lowest BCUT2D eigenvalue weighted by atomic mass is 10.1. The van der Waals surface area contributed by atoms with Crippen LogP contribution in [-0.2, 0) is 10.0 Å². The first-order chi connectivity index (χ1) is 18.5. The molecule has 0 aliphatic rings. The number of nitrogens with zero attached hydrogens (tertiary/aromatic N) is 2. The molecule has 8 heteroatoms. The number of carbonyl (C=O) groups excluding carboxylic acids is 1. The van der Waals surface area contributed by atoms with Gasteiger partial charge in [-0.1, -0.05) is 90.2 Å². The Kier molecular flexibility index (Phi) is 7.35. The summed E-state index contributed by atoms with van der Waals surface area (Å²) in [6.45, 7) is 2.07. The van der Waals surface area contributed by atoms with Crippen molar-refractivity contribution in [2.24, 2.45) is 0 Å². The van der Waals surface area contributed by atoms with Gasteiger partial charge in [0.2, 0.25) is 0 Å². The van der Waals surface area contributed by atoms with E-state index in [1.807, 2.05) is 66.7 Å². The van der Waals surface area contributed by atoms with Gasteiger partial charge in [-0.3, -0.25) is 14.4 Å². The number of rotatable bonds is 8. The Balaban J connectivity index is 1.40. The van der Waals surface area contributed by atoms with E-state index in [1.54, 1.807) is 31.2 Å². The Hall–Kier alpha value is -4.27. The number of thiazole rings is 1. The Bertz CT molecular complexity index is 1580. The van der Waals surface area contributed by atoms with E-state index in [1.165, 1.54) is 39.9 Å². The first-order valence-corrected chi connectivity index (χ1v) is 14.3. The average Bonchev–Trinajstić information content (AvgIpc) is 3.38. The van der Waals surface area contributed by atoms with Gasteiger partial charge in [0.1, 0.15) is 0 Å². The number of nitrogens with one attached hydrogen (secondary N) is 1. The average molecular weight is 540 g/mol. The topological polar surface area (TPSA) is 79.4 Å². The predicted molar refractivity (Wildman–Crippen MR) is 154 cm³/mol. The highest BCUT2D eigenvalue weighted by molar-refractivity contribution is 7.92. The van der Waals surface area contributed by atoms with Crippen LogP contribution in [0.15, 0.2) is 120 Å². The summed E-state index contributed by atoms with van der Waals surface area (Å²) in [4.78, 5) is 18.9. The summed E-state index contributed by atoms with van der Waals surface area (Å²) < 4.78 is 27.9. The van der Waals surface area contributed by atoms with Crippen LogP contribution in [0, 0.1) is 0 Å². The molecule has 0 saturated heterocycles. The number of amides is 1. The zero-order valence-electron chi connectivity index (χ0n) is 20.6. The second-order valence-electron chi connectivity index (χ2n) is 8.41. The van der Waals surface area contributed by atoms with Gasteiger partial charge in [0, 0.05) is 17.7 Å². The van der Waals surface area contributed by atoms with Crippen LogP contribution in [-0.4, -0.2) is 25.9 Å². The van der Waals surface area contributed by atoms with E-state index in [4.69, 9.17) is 4.98 Å². The molecule has 190 valence electrons. The minimum absolute atomic E-state index is 0.117. The van der Waals surface area contributed by atoms with Crippen LogP contribution in [0.25, 0.3) is 21.7 Å². The van der Waals surface area contributed by atoms with Gasteiger partial charge in [-0.25, -0.2) is 13.4 Å². The summed E-state index contributed by atoms with van der Waals surface area (Å²) in [5.74, 6) is -0.364. The molecule has 0 atom stereocenters. The fourth-order valence-corrected chi connectivity index (χ4v) is 6.57. The van der Waals surface area contributed by atoms with Crippen molar-refractivity contribution >= 4 is 38.1 Å². The summed E-state index contributed by atoms with van der Waals surface area (Å²) in [6, 6.07) is 34.7. The van der Waals surface area contributed by atoms with Crippen LogP contribution in [0.2, 0.25) is 0 Å². The normalized spacial score (nSPS) is 11.2. The monoisotopic (exact) mass is 539 g/mol. The van der Waals surface area contributed by atoms with Gasteiger partial charge in [-0.2, -0.15) is 0 Å². The highest BCUT2D eigenvalue weighted by atomic mass is 32.2. The minimum Gasteiger partial charge on any atom is -0.298 e. The molecule has 0 bridgehead atoms. The van der Waals surface area contributed by atoms with E-state index in [-0.39, 0.29) is 17.3 Å². The predicted octanol–water partition coefficient (Wildman–Crippen LogP) is 6.94. The van der Waals surface area contributed by atoms with Crippen LogP contribution >= 0.6 is 11.3 Å². The van der Waals surface area contributed by atoms with E-state index in [9.17, 15) is 13.2 Å². The van der Waals surface area contributed by atoms with Crippen molar-refractivity contribution in [3.05, 3.63) is 121 Å². The largest absolute Gasteiger partial charge is 0.298 e. The molecule has 0 aliphatic carbocycles. The quantitative estimate of drug-likeness (QED) is 0.232. The van der Waals surface area contributed by atoms with E-state index >= 15 is 0 Å². The summed E-state index contributed by atoms with van der Waals surface area (Å²) in [5, 5.41) is 3.35. The van der Waals surface area contributed by atoms with Crippen molar-refractivity contribution in [3.63, 3.8) is 0 Å². The van der Waals surface area contributed by atoms with Crippen LogP contribution in [0.4, 0.5) is 10.8 Å². The summed E-state index contributed by atoms with van der Waals surface area (Å²) >= 11 is 1.40. The van der Waals surface area contributed by atoms with Crippen molar-refractivity contribution in [1.82, 2.24) is 4.98 Å². The first kappa shape index (κ1) is 25.4. The van der Waals surface area contributed by atoms with Gasteiger partial charge >= 0.3 is 0 Å². The number of para-hydroxylation sites is 1. The Morgan fingerprint density at radius 3 is 1.92 bits per heavy atom. The number of benzene rings is 4. The molecular weight excluding hydrogens is 514 g/mol. The standard InChI is InChI=1S/C30H25N3O3S2/c1-2-33(25-16-10-5-11-17-25)38(35,36)26-20-18-24(19-21-26)29(34)32-30-31-27(22-12-6-3-7-13-22)28(37-30)23-14-8-4-9-15-23/h3-21H,2H2,1H3,(H,31,32,34). The lowest BCUT2D eigenvalue weighted by Crippen LogP contribution is -2.30. The highest BCUT2D eigenvalue weighted by Gasteiger charge is 2.24. The van der Waals surface area contributed by atoms with E-state index < -0.39 is 10.0 Å². The lowest BCUT2D eigenvalue weighted by molar-refractivity contribution is 0.102. The number of sulfonamides is 1. The molecule has 0 saturated carbocycles. The number of hydrogen-bond donors (Lipinski definition) is 1. The minimum atomic E-state index is -3.78. The molecule has 1 amide bonds. The molecule has 5 rings (SSSR count). The molecule has 0 radical (unpaired) electrons. The molecule has 0 aliphatic heterocycles. The number of carbonyl (C=O) groups is 1. The van der Waals surface area contributed by atoms with Crippen LogP contribution < -0.4 is 9.62 Å². The van der Waals surface area contributed by atoms with Crippen LogP contribution in [0.1, 0.15) is 17.3 Å². The van der Waals surface area contributed by atoms with Crippen molar-refractivity contribution < 1.29 is 13.2 Å². The Morgan fingerprint density at radius 1 is 0.789 bits per heavy atom. The SMILES string of the molecule is CCN(c1ccccc1)S(=O)(=O)c1ccc(C(=O)Nc2nc(-c3ccccc3)c(-c3ccccc3)s2)cc1. The molecule has 6 nitrogen and oxygen atoms in total. The van der Waals surface area contributed by atoms with Crippen LogP contribution in [0.3, 0.4) is 0 Å². The smallest absolute Gasteiger partial charge is 0.264 e. The van der Waals surface area contributed by atoms with Crippen molar-refractivity contribution in [3.8, 4) is 21.7 Å². The molecule has 1 N–H and O–H groups in total. The molecule has 0 fully saturated rings. The maximum absolute atomic E-state index is 13.3. The van der Waals surface area contributed by atoms with Crippen LogP contribution in [0.5, 0.6) is 0 Å². The maximum atomic E-state index is 13.3. The van der Waals surface area contributed by atoms with Gasteiger partial charge in [0.15, 0.2) is 5.13 Å². The molecule has 4 aromatic carbocycles. The molecule has 0 spiro atoms. The Morgan fingerprint density at radius 2 is 1.34 bits per heavy atom. The fourth-order valence-electron chi connectivity index (χ4n) is 4.11. The third kappa shape index (κ3) is 5.22. The van der Waals surface area contributed by atoms with Gasteiger partial charge in [-0.15, -0.1) is 0 Å². The zero-order chi connectivity index (χ0) is 26.5. The molecule has 1 aromatic heterocycles. The lowest BCUT2D eigenvalue weighted by Gasteiger charge is -2.22. The Labute approximate surface area is 226 Å². The van der Waals surface area contributed by atoms with Crippen molar-refractivity contribution in [2.45, 2.75) is 11.8 Å². The summed E-state index contributed by atoms with van der Waals surface area (Å²) in [7, 11) is -3.78. The third-order valence-electron chi connectivity index (χ3n) is 5.97. The fraction of sp³-hybridized carbons (Fsp3) is 0.0667. The summed E-state index contributed by atoms with van der Waals surface area (Å²) in [6.07, 6.45) is 0. The van der Waals surface area contributed by atoms with Gasteiger partial charge < -0.3 is 0 Å². The molecule has 0 unspecified atom stereocenters. The van der Waals surface area contributed by atoms with Crippen molar-refractivity contribution in [2.75, 3.05) is 16.2 Å². The van der Waals surface area contributed by atoms with Gasteiger partial charge in [0.25, 0.3) is 15.9 Å². The number of hydrogen-bond acceptors (Lipinski definition) is 5. The number of aromatic nitrogens is 1. The van der Waals surface area contributed by atoms with E-state index in [0.29, 0.717) is 16.4 Å². The zero-order valence-corrected chi connectivity index (χ0v) is 22.2. The van der Waals surface area contributed by atoms with E-state index in [2.05, 4.69) is 5.32 Å².